The van der Waals surface area contributed by atoms with Crippen molar-refractivity contribution < 1.29 is 9.90 Å². The van der Waals surface area contributed by atoms with Crippen LogP contribution in [0, 0.1) is 5.41 Å². The Bertz CT molecular complexity index is 1200. The van der Waals surface area contributed by atoms with Crippen molar-refractivity contribution in [1.82, 2.24) is 15.2 Å². The third-order valence-corrected chi connectivity index (χ3v) is 7.22. The van der Waals surface area contributed by atoms with E-state index in [2.05, 4.69) is 37.1 Å². The molecule has 3 rings (SSSR count). The van der Waals surface area contributed by atoms with Crippen LogP contribution >= 0.6 is 22.9 Å². The van der Waals surface area contributed by atoms with Crippen molar-refractivity contribution in [2.75, 3.05) is 26.2 Å². The number of amides is 1. The minimum absolute atomic E-state index is 0.0407. The van der Waals surface area contributed by atoms with Crippen LogP contribution in [0.2, 0.25) is 5.02 Å². The zero-order valence-electron chi connectivity index (χ0n) is 21.5. The lowest BCUT2D eigenvalue weighted by molar-refractivity contribution is -0.132. The van der Waals surface area contributed by atoms with Crippen molar-refractivity contribution >= 4 is 39.1 Å². The number of aromatic hydroxyl groups is 1. The first-order valence-corrected chi connectivity index (χ1v) is 13.9. The second-order valence-electron chi connectivity index (χ2n) is 10.5. The number of phenols is 1. The number of benzene rings is 2. The summed E-state index contributed by atoms with van der Waals surface area (Å²) >= 11 is 7.19. The van der Waals surface area contributed by atoms with E-state index in [1.165, 1.54) is 5.56 Å². The maximum Gasteiger partial charge on any atom is 0.305 e. The first-order chi connectivity index (χ1) is 17.1. The molecule has 0 bridgehead atoms. The zero-order valence-corrected chi connectivity index (χ0v) is 23.1. The molecule has 0 aliphatic carbocycles. The van der Waals surface area contributed by atoms with Crippen molar-refractivity contribution in [2.24, 2.45) is 5.41 Å². The number of H-pyrrole nitrogens is 1. The van der Waals surface area contributed by atoms with Gasteiger partial charge in [-0.2, -0.15) is 0 Å². The highest BCUT2D eigenvalue weighted by Crippen LogP contribution is 2.28. The van der Waals surface area contributed by atoms with E-state index in [0.29, 0.717) is 18.5 Å². The zero-order chi connectivity index (χ0) is 26.1. The molecule has 0 fully saturated rings. The summed E-state index contributed by atoms with van der Waals surface area (Å²) in [5, 5.41) is 14.1. The first kappa shape index (κ1) is 28.2. The number of fused-ring (bicyclic) bond motifs is 1. The molecule has 3 aromatic rings. The molecule has 0 aliphatic heterocycles. The van der Waals surface area contributed by atoms with Gasteiger partial charge in [0, 0.05) is 31.1 Å². The highest BCUT2D eigenvalue weighted by atomic mass is 35.5. The summed E-state index contributed by atoms with van der Waals surface area (Å²) in [6.45, 7) is 9.45. The summed E-state index contributed by atoms with van der Waals surface area (Å²) < 4.78 is 0.840. The number of aryl methyl sites for hydroxylation is 1. The third kappa shape index (κ3) is 8.95. The van der Waals surface area contributed by atoms with Gasteiger partial charge in [0.15, 0.2) is 0 Å². The van der Waals surface area contributed by atoms with Crippen LogP contribution in [-0.2, 0) is 17.6 Å². The van der Waals surface area contributed by atoms with Crippen molar-refractivity contribution in [3.05, 3.63) is 62.2 Å². The Morgan fingerprint density at radius 3 is 2.67 bits per heavy atom. The number of thiazole rings is 1. The van der Waals surface area contributed by atoms with E-state index < -0.39 is 0 Å². The molecule has 0 saturated heterocycles. The monoisotopic (exact) mass is 531 g/mol. The Labute approximate surface area is 222 Å². The van der Waals surface area contributed by atoms with E-state index in [1.54, 1.807) is 6.07 Å². The molecule has 0 saturated carbocycles. The van der Waals surface area contributed by atoms with Crippen LogP contribution in [-0.4, -0.2) is 47.1 Å². The molecular weight excluding hydrogens is 494 g/mol. The van der Waals surface area contributed by atoms with Gasteiger partial charge in [-0.25, -0.2) is 0 Å². The number of carbonyl (C=O) groups is 1. The number of aromatic nitrogens is 1. The number of rotatable bonds is 13. The van der Waals surface area contributed by atoms with Gasteiger partial charge in [-0.3, -0.25) is 9.59 Å². The van der Waals surface area contributed by atoms with Crippen LogP contribution < -0.4 is 10.2 Å². The van der Waals surface area contributed by atoms with E-state index in [-0.39, 0.29) is 21.9 Å². The van der Waals surface area contributed by atoms with E-state index >= 15 is 0 Å². The van der Waals surface area contributed by atoms with Crippen LogP contribution in [0.3, 0.4) is 0 Å². The Morgan fingerprint density at radius 2 is 1.92 bits per heavy atom. The number of unbranched alkanes of at least 4 members (excludes halogenated alkanes) is 2. The SMILES string of the molecule is CC(C)(C)CN(CCCCCc1ccc(O)c2[nH]c(=O)sc12)C(=O)CCNCCc1cccc(Cl)c1. The molecule has 0 unspecified atom stereocenters. The van der Waals surface area contributed by atoms with Crippen LogP contribution in [0.1, 0.15) is 57.6 Å². The van der Waals surface area contributed by atoms with E-state index in [1.807, 2.05) is 29.2 Å². The van der Waals surface area contributed by atoms with Gasteiger partial charge in [-0.1, -0.05) is 68.3 Å². The second-order valence-corrected chi connectivity index (χ2v) is 11.9. The predicted molar refractivity (Wildman–Crippen MR) is 150 cm³/mol. The molecule has 8 heteroatoms. The van der Waals surface area contributed by atoms with Gasteiger partial charge in [0.25, 0.3) is 0 Å². The summed E-state index contributed by atoms with van der Waals surface area (Å²) in [5.41, 5.74) is 2.84. The van der Waals surface area contributed by atoms with E-state index in [4.69, 9.17) is 11.6 Å². The van der Waals surface area contributed by atoms with Gasteiger partial charge in [-0.05, 0) is 67.0 Å². The number of halogens is 1. The standard InChI is InChI=1S/C28H38ClN3O3S/c1-28(2,3)19-32(24(34)14-16-30-15-13-20-8-7-10-22(29)18-20)17-6-4-5-9-21-11-12-23(33)25-26(21)36-27(35)31-25/h7-8,10-12,18,30,33H,4-6,9,13-17,19H2,1-3H3,(H,31,35). The van der Waals surface area contributed by atoms with Crippen molar-refractivity contribution in [3.63, 3.8) is 0 Å². The molecule has 2 aromatic carbocycles. The Morgan fingerprint density at radius 1 is 1.11 bits per heavy atom. The van der Waals surface area contributed by atoms with Crippen molar-refractivity contribution in [2.45, 2.75) is 59.3 Å². The topological polar surface area (TPSA) is 85.4 Å². The summed E-state index contributed by atoms with van der Waals surface area (Å²) in [6, 6.07) is 11.4. The van der Waals surface area contributed by atoms with Crippen LogP contribution in [0.15, 0.2) is 41.2 Å². The maximum atomic E-state index is 13.0. The van der Waals surface area contributed by atoms with Crippen LogP contribution in [0.25, 0.3) is 10.2 Å². The molecule has 1 aromatic heterocycles. The summed E-state index contributed by atoms with van der Waals surface area (Å²) in [7, 11) is 0. The Hall–Kier alpha value is -2.35. The van der Waals surface area contributed by atoms with Crippen LogP contribution in [0.5, 0.6) is 5.75 Å². The summed E-state index contributed by atoms with van der Waals surface area (Å²) in [5.74, 6) is 0.305. The number of hydrogen-bond donors (Lipinski definition) is 3. The lowest BCUT2D eigenvalue weighted by Gasteiger charge is -2.30. The fourth-order valence-electron chi connectivity index (χ4n) is 4.33. The molecule has 1 heterocycles. The van der Waals surface area contributed by atoms with E-state index in [0.717, 1.165) is 78.4 Å². The molecular formula is C28H38ClN3O3S. The lowest BCUT2D eigenvalue weighted by atomic mass is 9.95. The quantitative estimate of drug-likeness (QED) is 0.245. The van der Waals surface area contributed by atoms with Gasteiger partial charge in [-0.15, -0.1) is 0 Å². The minimum Gasteiger partial charge on any atom is -0.506 e. The van der Waals surface area contributed by atoms with E-state index in [9.17, 15) is 14.7 Å². The minimum atomic E-state index is -0.150. The molecule has 1 amide bonds. The van der Waals surface area contributed by atoms with Gasteiger partial charge in [0.2, 0.25) is 5.91 Å². The lowest BCUT2D eigenvalue weighted by Crippen LogP contribution is -2.39. The number of hydrogen-bond acceptors (Lipinski definition) is 5. The molecule has 0 atom stereocenters. The van der Waals surface area contributed by atoms with Gasteiger partial charge in [0.05, 0.1) is 4.70 Å². The largest absolute Gasteiger partial charge is 0.506 e. The molecule has 0 aliphatic rings. The molecule has 3 N–H and O–H groups in total. The molecule has 0 radical (unpaired) electrons. The molecule has 36 heavy (non-hydrogen) atoms. The number of nitrogens with one attached hydrogen (secondary N) is 2. The third-order valence-electron chi connectivity index (χ3n) is 6.03. The predicted octanol–water partition coefficient (Wildman–Crippen LogP) is 5.76. The van der Waals surface area contributed by atoms with Gasteiger partial charge in [0.1, 0.15) is 11.3 Å². The number of carbonyl (C=O) groups excluding carboxylic acids is 1. The molecule has 0 spiro atoms. The van der Waals surface area contributed by atoms with Gasteiger partial charge >= 0.3 is 4.87 Å². The average Bonchev–Trinajstić information content (AvgIpc) is 3.21. The Balaban J connectivity index is 1.42. The van der Waals surface area contributed by atoms with Gasteiger partial charge < -0.3 is 20.3 Å². The smallest absolute Gasteiger partial charge is 0.305 e. The number of nitrogens with zero attached hydrogens (tertiary/aromatic N) is 1. The number of aromatic amines is 1. The molecule has 6 nitrogen and oxygen atoms in total. The van der Waals surface area contributed by atoms with Crippen molar-refractivity contribution in [1.29, 1.82) is 0 Å². The summed E-state index contributed by atoms with van der Waals surface area (Å²) in [4.78, 5) is 29.3. The fraction of sp³-hybridized carbons (Fsp3) is 0.500. The fourth-order valence-corrected chi connectivity index (χ4v) is 5.44. The normalized spacial score (nSPS) is 11.8. The van der Waals surface area contributed by atoms with Crippen molar-refractivity contribution in [3.8, 4) is 5.75 Å². The Kier molecular flexibility index (Phi) is 10.4. The summed E-state index contributed by atoms with van der Waals surface area (Å²) in [6.07, 6.45) is 5.11. The first-order valence-electron chi connectivity index (χ1n) is 12.7. The highest BCUT2D eigenvalue weighted by molar-refractivity contribution is 7.16. The number of phenolic OH excluding ortho intramolecular Hbond substituents is 1. The maximum absolute atomic E-state index is 13.0. The average molecular weight is 532 g/mol. The highest BCUT2D eigenvalue weighted by Gasteiger charge is 2.20. The van der Waals surface area contributed by atoms with Crippen LogP contribution in [0.4, 0.5) is 0 Å². The molecule has 196 valence electrons. The second kappa shape index (κ2) is 13.3.